The molecule has 0 saturated carbocycles. The summed E-state index contributed by atoms with van der Waals surface area (Å²) >= 11 is 3.68. The predicted molar refractivity (Wildman–Crippen MR) is 87.9 cm³/mol. The zero-order chi connectivity index (χ0) is 14.0. The predicted octanol–water partition coefficient (Wildman–Crippen LogP) is 4.30. The highest BCUT2D eigenvalue weighted by Gasteiger charge is 2.20. The van der Waals surface area contributed by atoms with Gasteiger partial charge in [0.1, 0.15) is 4.88 Å². The van der Waals surface area contributed by atoms with Crippen molar-refractivity contribution in [3.05, 3.63) is 43.9 Å². The van der Waals surface area contributed by atoms with Gasteiger partial charge in [0.2, 0.25) is 0 Å². The number of hydrogen-bond acceptors (Lipinski definition) is 3. The Hall–Kier alpha value is -0.950. The molecule has 0 aliphatic rings. The molecule has 0 spiro atoms. The summed E-state index contributed by atoms with van der Waals surface area (Å²) in [5.41, 5.74) is 0.780. The quantitative estimate of drug-likeness (QED) is 0.783. The van der Waals surface area contributed by atoms with Gasteiger partial charge < -0.3 is 5.32 Å². The van der Waals surface area contributed by atoms with Crippen LogP contribution in [0.3, 0.4) is 0 Å². The summed E-state index contributed by atoms with van der Waals surface area (Å²) in [6.45, 7) is 6.27. The number of amides is 1. The maximum absolute atomic E-state index is 12.1. The Kier molecular flexibility index (Phi) is 4.25. The van der Waals surface area contributed by atoms with Crippen molar-refractivity contribution in [1.82, 2.24) is 4.98 Å². The van der Waals surface area contributed by atoms with Gasteiger partial charge in [-0.05, 0) is 46.9 Å². The van der Waals surface area contributed by atoms with Crippen LogP contribution in [0.25, 0.3) is 0 Å². The Morgan fingerprint density at radius 3 is 2.42 bits per heavy atom. The van der Waals surface area contributed by atoms with Crippen LogP contribution in [0.15, 0.2) is 30.5 Å². The third-order valence-electron chi connectivity index (χ3n) is 2.47. The van der Waals surface area contributed by atoms with E-state index in [1.807, 2.05) is 24.3 Å². The van der Waals surface area contributed by atoms with Crippen LogP contribution in [0.2, 0.25) is 0 Å². The first-order chi connectivity index (χ1) is 8.86. The molecule has 0 bridgehead atoms. The van der Waals surface area contributed by atoms with E-state index in [1.165, 1.54) is 11.3 Å². The molecule has 1 N–H and O–H groups in total. The molecule has 1 aromatic heterocycles. The zero-order valence-electron chi connectivity index (χ0n) is 11.0. The number of hydrogen-bond donors (Lipinski definition) is 1. The molecule has 5 heteroatoms. The van der Waals surface area contributed by atoms with E-state index in [4.69, 9.17) is 0 Å². The molecule has 1 aromatic carbocycles. The smallest absolute Gasteiger partial charge is 0.267 e. The van der Waals surface area contributed by atoms with Crippen LogP contribution >= 0.6 is 33.9 Å². The summed E-state index contributed by atoms with van der Waals surface area (Å²) < 4.78 is 1.14. The van der Waals surface area contributed by atoms with Crippen LogP contribution in [-0.2, 0) is 5.41 Å². The normalized spacial score (nSPS) is 11.4. The second-order valence-electron chi connectivity index (χ2n) is 5.24. The lowest BCUT2D eigenvalue weighted by Gasteiger charge is -2.13. The fourth-order valence-corrected chi connectivity index (χ4v) is 2.68. The molecule has 3 nitrogen and oxygen atoms in total. The van der Waals surface area contributed by atoms with Gasteiger partial charge in [-0.2, -0.15) is 0 Å². The number of carbonyl (C=O) groups excluding carboxylic acids is 1. The lowest BCUT2D eigenvalue weighted by atomic mass is 9.98. The average molecular weight is 386 g/mol. The Bertz CT molecular complexity index is 584. The van der Waals surface area contributed by atoms with Gasteiger partial charge in [-0.1, -0.05) is 20.8 Å². The van der Waals surface area contributed by atoms with Crippen molar-refractivity contribution in [1.29, 1.82) is 0 Å². The SMILES string of the molecule is CC(C)(C)c1ncc(C(=O)Nc2ccc(I)cc2)s1. The molecule has 1 heterocycles. The van der Waals surface area contributed by atoms with E-state index >= 15 is 0 Å². The molecular formula is C14H15IN2OS. The Labute approximate surface area is 130 Å². The third kappa shape index (κ3) is 3.76. The molecule has 0 atom stereocenters. The van der Waals surface area contributed by atoms with Gasteiger partial charge in [0.05, 0.1) is 11.2 Å². The van der Waals surface area contributed by atoms with Crippen LogP contribution in [0.1, 0.15) is 35.5 Å². The molecular weight excluding hydrogens is 371 g/mol. The summed E-state index contributed by atoms with van der Waals surface area (Å²) in [6, 6.07) is 7.71. The molecule has 2 rings (SSSR count). The Morgan fingerprint density at radius 1 is 1.26 bits per heavy atom. The van der Waals surface area contributed by atoms with Crippen LogP contribution in [-0.4, -0.2) is 10.9 Å². The number of nitrogens with zero attached hydrogens (tertiary/aromatic N) is 1. The molecule has 19 heavy (non-hydrogen) atoms. The fraction of sp³-hybridized carbons (Fsp3) is 0.286. The highest BCUT2D eigenvalue weighted by Crippen LogP contribution is 2.27. The van der Waals surface area contributed by atoms with E-state index in [0.717, 1.165) is 14.3 Å². The van der Waals surface area contributed by atoms with Crippen molar-refractivity contribution < 1.29 is 4.79 Å². The van der Waals surface area contributed by atoms with E-state index in [-0.39, 0.29) is 11.3 Å². The minimum absolute atomic E-state index is 0.0218. The highest BCUT2D eigenvalue weighted by molar-refractivity contribution is 14.1. The summed E-state index contributed by atoms with van der Waals surface area (Å²) in [4.78, 5) is 17.1. The summed E-state index contributed by atoms with van der Waals surface area (Å²) in [5.74, 6) is -0.103. The Morgan fingerprint density at radius 2 is 1.89 bits per heavy atom. The van der Waals surface area contributed by atoms with Crippen LogP contribution in [0.4, 0.5) is 5.69 Å². The molecule has 1 amide bonds. The summed E-state index contributed by atoms with van der Waals surface area (Å²) in [5, 5.41) is 3.85. The lowest BCUT2D eigenvalue weighted by molar-refractivity contribution is 0.103. The maximum atomic E-state index is 12.1. The number of aromatic nitrogens is 1. The number of anilines is 1. The summed E-state index contributed by atoms with van der Waals surface area (Å²) in [6.07, 6.45) is 1.65. The number of nitrogens with one attached hydrogen (secondary N) is 1. The molecule has 2 aromatic rings. The van der Waals surface area contributed by atoms with Crippen molar-refractivity contribution in [2.24, 2.45) is 0 Å². The zero-order valence-corrected chi connectivity index (χ0v) is 14.0. The second-order valence-corrected chi connectivity index (χ2v) is 7.52. The van der Waals surface area contributed by atoms with Crippen LogP contribution in [0, 0.1) is 3.57 Å². The van der Waals surface area contributed by atoms with Crippen LogP contribution in [0.5, 0.6) is 0 Å². The number of thiazole rings is 1. The molecule has 0 aliphatic heterocycles. The average Bonchev–Trinajstić information content (AvgIpc) is 2.81. The minimum Gasteiger partial charge on any atom is -0.321 e. The molecule has 0 unspecified atom stereocenters. The molecule has 0 aliphatic carbocycles. The van der Waals surface area contributed by atoms with Crippen molar-refractivity contribution in [3.63, 3.8) is 0 Å². The standard InChI is InChI=1S/C14H15IN2OS/c1-14(2,3)13-16-8-11(19-13)12(18)17-10-6-4-9(15)5-7-10/h4-8H,1-3H3,(H,17,18). The fourth-order valence-electron chi connectivity index (χ4n) is 1.45. The molecule has 0 saturated heterocycles. The molecule has 0 radical (unpaired) electrons. The Balaban J connectivity index is 2.12. The third-order valence-corrected chi connectivity index (χ3v) is 4.61. The van der Waals surface area contributed by atoms with E-state index in [2.05, 4.69) is 53.7 Å². The number of carbonyl (C=O) groups is 1. The summed E-state index contributed by atoms with van der Waals surface area (Å²) in [7, 11) is 0. The van der Waals surface area contributed by atoms with E-state index in [1.54, 1.807) is 6.20 Å². The van der Waals surface area contributed by atoms with Crippen molar-refractivity contribution >= 4 is 45.5 Å². The minimum atomic E-state index is -0.103. The van der Waals surface area contributed by atoms with Gasteiger partial charge in [0.15, 0.2) is 0 Å². The number of benzene rings is 1. The first-order valence-corrected chi connectivity index (χ1v) is 7.79. The first kappa shape index (κ1) is 14.5. The van der Waals surface area contributed by atoms with E-state index in [0.29, 0.717) is 4.88 Å². The largest absolute Gasteiger partial charge is 0.321 e. The van der Waals surface area contributed by atoms with E-state index < -0.39 is 0 Å². The molecule has 100 valence electrons. The molecule has 0 fully saturated rings. The van der Waals surface area contributed by atoms with Gasteiger partial charge >= 0.3 is 0 Å². The first-order valence-electron chi connectivity index (χ1n) is 5.89. The lowest BCUT2D eigenvalue weighted by Crippen LogP contribution is -2.11. The van der Waals surface area contributed by atoms with Gasteiger partial charge in [0, 0.05) is 14.7 Å². The second kappa shape index (κ2) is 5.58. The van der Waals surface area contributed by atoms with E-state index in [9.17, 15) is 4.79 Å². The van der Waals surface area contributed by atoms with Gasteiger partial charge in [-0.25, -0.2) is 4.98 Å². The van der Waals surface area contributed by atoms with Crippen molar-refractivity contribution in [2.45, 2.75) is 26.2 Å². The van der Waals surface area contributed by atoms with Crippen molar-refractivity contribution in [2.75, 3.05) is 5.32 Å². The maximum Gasteiger partial charge on any atom is 0.267 e. The van der Waals surface area contributed by atoms with Crippen LogP contribution < -0.4 is 5.32 Å². The number of rotatable bonds is 2. The van der Waals surface area contributed by atoms with Gasteiger partial charge in [-0.15, -0.1) is 11.3 Å². The number of halogens is 1. The monoisotopic (exact) mass is 386 g/mol. The van der Waals surface area contributed by atoms with Gasteiger partial charge in [-0.3, -0.25) is 4.79 Å². The highest BCUT2D eigenvalue weighted by atomic mass is 127. The van der Waals surface area contributed by atoms with Gasteiger partial charge in [0.25, 0.3) is 5.91 Å². The van der Waals surface area contributed by atoms with Crippen molar-refractivity contribution in [3.8, 4) is 0 Å². The topological polar surface area (TPSA) is 42.0 Å².